The molecule has 0 bridgehead atoms. The number of aryl methyl sites for hydroxylation is 2. The fourth-order valence-electron chi connectivity index (χ4n) is 3.28. The molecule has 5 heteroatoms. The Kier molecular flexibility index (Phi) is 5.90. The highest BCUT2D eigenvalue weighted by Gasteiger charge is 2.21. The van der Waals surface area contributed by atoms with E-state index in [0.29, 0.717) is 6.42 Å². The lowest BCUT2D eigenvalue weighted by Crippen LogP contribution is -2.11. The molecule has 27 heavy (non-hydrogen) atoms. The second kappa shape index (κ2) is 8.72. The van der Waals surface area contributed by atoms with Crippen molar-refractivity contribution in [3.8, 4) is 11.3 Å². The first-order chi connectivity index (χ1) is 13.3. The number of anilines is 1. The largest absolute Gasteiger partial charge is 0.302 e. The van der Waals surface area contributed by atoms with E-state index in [2.05, 4.69) is 53.8 Å². The quantitative estimate of drug-likeness (QED) is 0.533. The van der Waals surface area contributed by atoms with Crippen LogP contribution in [0.4, 0.5) is 5.13 Å². The summed E-state index contributed by atoms with van der Waals surface area (Å²) in [5, 5.41) is 3.73. The average Bonchev–Trinajstić information content (AvgIpc) is 3.11. The SMILES string of the molecule is O=C(CCCSCc1ccccc1)Nc1nc2c(s1)CCc1ccccc1-2. The highest BCUT2D eigenvalue weighted by atomic mass is 32.2. The Balaban J connectivity index is 1.25. The Bertz CT molecular complexity index is 921. The number of rotatable bonds is 7. The van der Waals surface area contributed by atoms with Gasteiger partial charge in [-0.05, 0) is 36.1 Å². The highest BCUT2D eigenvalue weighted by molar-refractivity contribution is 7.98. The third kappa shape index (κ3) is 4.60. The van der Waals surface area contributed by atoms with Gasteiger partial charge in [0.2, 0.25) is 5.91 Å². The minimum atomic E-state index is 0.0645. The topological polar surface area (TPSA) is 42.0 Å². The number of nitrogens with one attached hydrogen (secondary N) is 1. The lowest BCUT2D eigenvalue weighted by atomic mass is 9.94. The number of carbonyl (C=O) groups excluding carboxylic acids is 1. The van der Waals surface area contributed by atoms with E-state index in [1.54, 1.807) is 11.3 Å². The molecule has 1 amide bonds. The first-order valence-electron chi connectivity index (χ1n) is 9.29. The van der Waals surface area contributed by atoms with Gasteiger partial charge < -0.3 is 5.32 Å². The number of hydrogen-bond donors (Lipinski definition) is 1. The number of thioether (sulfide) groups is 1. The molecule has 2 aromatic carbocycles. The van der Waals surface area contributed by atoms with Gasteiger partial charge in [0.25, 0.3) is 0 Å². The second-order valence-electron chi connectivity index (χ2n) is 6.64. The summed E-state index contributed by atoms with van der Waals surface area (Å²) in [7, 11) is 0. The molecule has 0 atom stereocenters. The van der Waals surface area contributed by atoms with Gasteiger partial charge in [0.15, 0.2) is 5.13 Å². The van der Waals surface area contributed by atoms with Gasteiger partial charge >= 0.3 is 0 Å². The smallest absolute Gasteiger partial charge is 0.226 e. The van der Waals surface area contributed by atoms with Crippen LogP contribution in [0.25, 0.3) is 11.3 Å². The number of nitrogens with zero attached hydrogens (tertiary/aromatic N) is 1. The average molecular weight is 395 g/mol. The predicted octanol–water partition coefficient (Wildman–Crippen LogP) is 5.56. The van der Waals surface area contributed by atoms with E-state index in [0.717, 1.165) is 41.6 Å². The van der Waals surface area contributed by atoms with Gasteiger partial charge in [-0.2, -0.15) is 11.8 Å². The van der Waals surface area contributed by atoms with Gasteiger partial charge in [-0.25, -0.2) is 4.98 Å². The van der Waals surface area contributed by atoms with Crippen LogP contribution < -0.4 is 5.32 Å². The number of hydrogen-bond acceptors (Lipinski definition) is 4. The third-order valence-electron chi connectivity index (χ3n) is 4.64. The number of fused-ring (bicyclic) bond motifs is 3. The Labute approximate surface area is 168 Å². The van der Waals surface area contributed by atoms with Crippen LogP contribution >= 0.6 is 23.1 Å². The highest BCUT2D eigenvalue weighted by Crippen LogP contribution is 2.37. The van der Waals surface area contributed by atoms with Crippen LogP contribution in [0.1, 0.15) is 28.8 Å². The fraction of sp³-hybridized carbons (Fsp3) is 0.273. The summed E-state index contributed by atoms with van der Waals surface area (Å²) >= 11 is 3.50. The Morgan fingerprint density at radius 1 is 1.07 bits per heavy atom. The van der Waals surface area contributed by atoms with Crippen LogP contribution in [0, 0.1) is 0 Å². The summed E-state index contributed by atoms with van der Waals surface area (Å²) in [5.41, 5.74) is 4.95. The molecule has 0 aliphatic heterocycles. The van der Waals surface area contributed by atoms with Crippen molar-refractivity contribution in [2.24, 2.45) is 0 Å². The van der Waals surface area contributed by atoms with E-state index in [-0.39, 0.29) is 5.91 Å². The van der Waals surface area contributed by atoms with Crippen molar-refractivity contribution in [1.29, 1.82) is 0 Å². The molecule has 0 saturated heterocycles. The summed E-state index contributed by atoms with van der Waals surface area (Å²) in [6.07, 6.45) is 3.49. The van der Waals surface area contributed by atoms with Crippen LogP contribution in [0.5, 0.6) is 0 Å². The molecule has 3 nitrogen and oxygen atoms in total. The van der Waals surface area contributed by atoms with Crippen molar-refractivity contribution in [3.63, 3.8) is 0 Å². The lowest BCUT2D eigenvalue weighted by molar-refractivity contribution is -0.116. The molecule has 3 aromatic rings. The van der Waals surface area contributed by atoms with E-state index in [9.17, 15) is 4.79 Å². The number of amides is 1. The maximum Gasteiger partial charge on any atom is 0.226 e. The third-order valence-corrected chi connectivity index (χ3v) is 6.79. The molecule has 4 rings (SSSR count). The van der Waals surface area contributed by atoms with E-state index >= 15 is 0 Å². The van der Waals surface area contributed by atoms with Gasteiger partial charge in [-0.1, -0.05) is 54.6 Å². The molecule has 1 aliphatic carbocycles. The molecule has 1 heterocycles. The van der Waals surface area contributed by atoms with Crippen LogP contribution in [0.2, 0.25) is 0 Å². The Morgan fingerprint density at radius 3 is 2.78 bits per heavy atom. The molecule has 1 aliphatic rings. The van der Waals surface area contributed by atoms with E-state index < -0.39 is 0 Å². The summed E-state index contributed by atoms with van der Waals surface area (Å²) < 4.78 is 0. The van der Waals surface area contributed by atoms with Gasteiger partial charge in [0.1, 0.15) is 0 Å². The van der Waals surface area contributed by atoms with Crippen molar-refractivity contribution in [2.45, 2.75) is 31.4 Å². The van der Waals surface area contributed by atoms with Gasteiger partial charge in [0.05, 0.1) is 5.69 Å². The van der Waals surface area contributed by atoms with Crippen molar-refractivity contribution in [2.75, 3.05) is 11.1 Å². The van der Waals surface area contributed by atoms with Crippen molar-refractivity contribution >= 4 is 34.1 Å². The molecule has 0 unspecified atom stereocenters. The normalized spacial score (nSPS) is 12.3. The van der Waals surface area contributed by atoms with Crippen LogP contribution in [-0.4, -0.2) is 16.6 Å². The van der Waals surface area contributed by atoms with Gasteiger partial charge in [-0.15, -0.1) is 11.3 Å². The monoisotopic (exact) mass is 394 g/mol. The van der Waals surface area contributed by atoms with Gasteiger partial charge in [0, 0.05) is 22.6 Å². The number of carbonyl (C=O) groups is 1. The molecular weight excluding hydrogens is 372 g/mol. The summed E-state index contributed by atoms with van der Waals surface area (Å²) in [6, 6.07) is 18.9. The van der Waals surface area contributed by atoms with Crippen molar-refractivity contribution in [1.82, 2.24) is 4.98 Å². The van der Waals surface area contributed by atoms with E-state index in [4.69, 9.17) is 4.98 Å². The zero-order chi connectivity index (χ0) is 18.5. The fourth-order valence-corrected chi connectivity index (χ4v) is 5.20. The molecule has 1 aromatic heterocycles. The molecular formula is C22H22N2OS2. The zero-order valence-corrected chi connectivity index (χ0v) is 16.7. The molecule has 0 fully saturated rings. The molecule has 0 spiro atoms. The van der Waals surface area contributed by atoms with Crippen molar-refractivity contribution < 1.29 is 4.79 Å². The maximum absolute atomic E-state index is 12.3. The van der Waals surface area contributed by atoms with Crippen LogP contribution in [0.15, 0.2) is 54.6 Å². The van der Waals surface area contributed by atoms with E-state index in [1.165, 1.54) is 21.6 Å². The molecule has 138 valence electrons. The Hall–Kier alpha value is -2.11. The molecule has 0 radical (unpaired) electrons. The second-order valence-corrected chi connectivity index (χ2v) is 8.83. The number of thiazole rings is 1. The minimum absolute atomic E-state index is 0.0645. The van der Waals surface area contributed by atoms with Gasteiger partial charge in [-0.3, -0.25) is 4.79 Å². The number of benzene rings is 2. The standard InChI is InChI=1S/C22H22N2OS2/c25-20(11-6-14-26-15-16-7-2-1-3-8-16)23-22-24-21-18-10-5-4-9-17(18)12-13-19(21)27-22/h1-5,7-10H,6,11-15H2,(H,23,24,25). The van der Waals surface area contributed by atoms with Crippen LogP contribution in [0.3, 0.4) is 0 Å². The zero-order valence-electron chi connectivity index (χ0n) is 15.1. The summed E-state index contributed by atoms with van der Waals surface area (Å²) in [4.78, 5) is 18.2. The first kappa shape index (κ1) is 18.3. The number of aromatic nitrogens is 1. The lowest BCUT2D eigenvalue weighted by Gasteiger charge is -2.13. The Morgan fingerprint density at radius 2 is 1.89 bits per heavy atom. The predicted molar refractivity (Wildman–Crippen MR) is 115 cm³/mol. The summed E-state index contributed by atoms with van der Waals surface area (Å²) in [5.74, 6) is 2.06. The molecule has 1 N–H and O–H groups in total. The van der Waals surface area contributed by atoms with Crippen molar-refractivity contribution in [3.05, 3.63) is 70.6 Å². The maximum atomic E-state index is 12.3. The van der Waals surface area contributed by atoms with Crippen LogP contribution in [-0.2, 0) is 23.4 Å². The summed E-state index contributed by atoms with van der Waals surface area (Å²) in [6.45, 7) is 0. The molecule has 0 saturated carbocycles. The first-order valence-corrected chi connectivity index (χ1v) is 11.3. The van der Waals surface area contributed by atoms with E-state index in [1.807, 2.05) is 17.8 Å². The minimum Gasteiger partial charge on any atom is -0.302 e.